The Bertz CT molecular complexity index is 1080. The van der Waals surface area contributed by atoms with E-state index in [1.807, 2.05) is 0 Å². The van der Waals surface area contributed by atoms with Crippen LogP contribution in [0.25, 0.3) is 0 Å². The molecule has 0 bridgehead atoms. The van der Waals surface area contributed by atoms with Crippen LogP contribution in [-0.2, 0) is 10.0 Å². The van der Waals surface area contributed by atoms with Crippen LogP contribution in [0.3, 0.4) is 0 Å². The van der Waals surface area contributed by atoms with Gasteiger partial charge in [-0.25, -0.2) is 12.8 Å². The number of nitrogens with zero attached hydrogens (tertiary/aromatic N) is 3. The lowest BCUT2D eigenvalue weighted by atomic mass is 10.1. The molecular weight excluding hydrogens is 429 g/mol. The minimum Gasteiger partial charge on any atom is -0.370 e. The molecule has 0 spiro atoms. The smallest absolute Gasteiger partial charge is 0.258 e. The van der Waals surface area contributed by atoms with Crippen molar-refractivity contribution in [3.63, 3.8) is 0 Å². The van der Waals surface area contributed by atoms with Crippen LogP contribution in [0, 0.1) is 5.82 Å². The molecule has 32 heavy (non-hydrogen) atoms. The number of hydrogen-bond donors (Lipinski definition) is 0. The number of para-hydroxylation sites is 1. The van der Waals surface area contributed by atoms with E-state index < -0.39 is 21.7 Å². The molecule has 172 valence electrons. The molecule has 0 aromatic heterocycles. The van der Waals surface area contributed by atoms with Gasteiger partial charge in [0.25, 0.3) is 5.91 Å². The van der Waals surface area contributed by atoms with Crippen molar-refractivity contribution in [1.82, 2.24) is 4.31 Å². The average Bonchev–Trinajstić information content (AvgIpc) is 2.84. The lowest BCUT2D eigenvalue weighted by Gasteiger charge is -2.33. The van der Waals surface area contributed by atoms with E-state index in [1.165, 1.54) is 34.5 Å². The van der Waals surface area contributed by atoms with Crippen LogP contribution in [0.2, 0.25) is 0 Å². The number of carbonyl (C=O) groups is 1. The highest BCUT2D eigenvalue weighted by Gasteiger charge is 2.31. The number of carbonyl (C=O) groups excluding carboxylic acids is 1. The molecule has 2 aliphatic heterocycles. The molecule has 0 saturated carbocycles. The molecule has 8 heteroatoms. The minimum atomic E-state index is -3.75. The zero-order chi connectivity index (χ0) is 22.7. The quantitative estimate of drug-likeness (QED) is 0.670. The third-order valence-electron chi connectivity index (χ3n) is 6.35. The van der Waals surface area contributed by atoms with Gasteiger partial charge in [0.15, 0.2) is 0 Å². The van der Waals surface area contributed by atoms with Crippen molar-refractivity contribution in [1.29, 1.82) is 0 Å². The largest absolute Gasteiger partial charge is 0.370 e. The Morgan fingerprint density at radius 2 is 1.53 bits per heavy atom. The number of anilines is 2. The molecule has 4 rings (SSSR count). The predicted molar refractivity (Wildman–Crippen MR) is 124 cm³/mol. The summed E-state index contributed by atoms with van der Waals surface area (Å²) in [6.07, 6.45) is 5.87. The van der Waals surface area contributed by atoms with E-state index in [-0.39, 0.29) is 16.1 Å². The van der Waals surface area contributed by atoms with Gasteiger partial charge in [-0.2, -0.15) is 4.31 Å². The minimum absolute atomic E-state index is 0.151. The second kappa shape index (κ2) is 9.58. The first kappa shape index (κ1) is 22.7. The molecule has 0 N–H and O–H groups in total. The predicted octanol–water partition coefficient (Wildman–Crippen LogP) is 4.27. The molecule has 2 aromatic carbocycles. The van der Waals surface area contributed by atoms with Crippen molar-refractivity contribution in [2.45, 2.75) is 43.4 Å². The van der Waals surface area contributed by atoms with Crippen molar-refractivity contribution < 1.29 is 17.6 Å². The maximum atomic E-state index is 14.2. The van der Waals surface area contributed by atoms with Gasteiger partial charge in [-0.05, 0) is 62.4 Å². The summed E-state index contributed by atoms with van der Waals surface area (Å²) in [6, 6.07) is 10.9. The number of benzene rings is 2. The fraction of sp³-hybridized carbons (Fsp3) is 0.458. The van der Waals surface area contributed by atoms with Crippen LogP contribution in [0.5, 0.6) is 0 Å². The number of halogens is 1. The zero-order valence-electron chi connectivity index (χ0n) is 18.5. The first-order valence-electron chi connectivity index (χ1n) is 11.3. The topological polar surface area (TPSA) is 60.9 Å². The van der Waals surface area contributed by atoms with Crippen molar-refractivity contribution >= 4 is 27.3 Å². The summed E-state index contributed by atoms with van der Waals surface area (Å²) in [5.74, 6) is -0.954. The van der Waals surface area contributed by atoms with Crippen LogP contribution in [0.15, 0.2) is 47.4 Å². The molecule has 2 fully saturated rings. The molecule has 0 aliphatic carbocycles. The Labute approximate surface area is 189 Å². The number of hydrogen-bond acceptors (Lipinski definition) is 4. The van der Waals surface area contributed by atoms with Gasteiger partial charge in [0.2, 0.25) is 10.0 Å². The molecule has 0 radical (unpaired) electrons. The van der Waals surface area contributed by atoms with Gasteiger partial charge in [-0.1, -0.05) is 18.6 Å². The van der Waals surface area contributed by atoms with Crippen molar-refractivity contribution in [3.05, 3.63) is 53.8 Å². The third-order valence-corrected chi connectivity index (χ3v) is 8.28. The second-order valence-corrected chi connectivity index (χ2v) is 10.4. The second-order valence-electron chi connectivity index (χ2n) is 8.51. The highest BCUT2D eigenvalue weighted by Crippen LogP contribution is 2.33. The lowest BCUT2D eigenvalue weighted by Crippen LogP contribution is -2.38. The Morgan fingerprint density at radius 3 is 2.19 bits per heavy atom. The standard InChI is InChI=1S/C24H30FN3O3S/c1-26(21-11-5-4-10-20(21)25)24(29)19-12-13-22(27-14-6-2-7-15-27)23(18-19)32(30,31)28-16-8-3-9-17-28/h4-5,10-13,18H,2-3,6-9,14-17H2,1H3. The molecule has 6 nitrogen and oxygen atoms in total. The molecular formula is C24H30FN3O3S. The summed E-state index contributed by atoms with van der Waals surface area (Å²) in [4.78, 5) is 16.7. The lowest BCUT2D eigenvalue weighted by molar-refractivity contribution is 0.0992. The number of piperidine rings is 2. The van der Waals surface area contributed by atoms with E-state index >= 15 is 0 Å². The van der Waals surface area contributed by atoms with Crippen LogP contribution < -0.4 is 9.80 Å². The van der Waals surface area contributed by atoms with Crippen LogP contribution in [0.4, 0.5) is 15.8 Å². The Hall–Kier alpha value is -2.45. The molecule has 2 aromatic rings. The van der Waals surface area contributed by atoms with Gasteiger partial charge in [0.1, 0.15) is 10.7 Å². The summed E-state index contributed by atoms with van der Waals surface area (Å²) in [5.41, 5.74) is 1.03. The maximum Gasteiger partial charge on any atom is 0.258 e. The van der Waals surface area contributed by atoms with Crippen LogP contribution in [-0.4, -0.2) is 51.9 Å². The van der Waals surface area contributed by atoms with Gasteiger partial charge >= 0.3 is 0 Å². The summed E-state index contributed by atoms with van der Waals surface area (Å²) in [7, 11) is -2.25. The van der Waals surface area contributed by atoms with E-state index in [0.717, 1.165) is 51.6 Å². The molecule has 2 saturated heterocycles. The van der Waals surface area contributed by atoms with E-state index in [9.17, 15) is 17.6 Å². The highest BCUT2D eigenvalue weighted by atomic mass is 32.2. The highest BCUT2D eigenvalue weighted by molar-refractivity contribution is 7.89. The van der Waals surface area contributed by atoms with Gasteiger partial charge in [-0.3, -0.25) is 4.79 Å². The van der Waals surface area contributed by atoms with Crippen molar-refractivity contribution in [2.24, 2.45) is 0 Å². The summed E-state index contributed by atoms with van der Waals surface area (Å²) in [6.45, 7) is 2.58. The van der Waals surface area contributed by atoms with E-state index in [0.29, 0.717) is 18.8 Å². The van der Waals surface area contributed by atoms with Crippen LogP contribution >= 0.6 is 0 Å². The van der Waals surface area contributed by atoms with Crippen molar-refractivity contribution in [3.8, 4) is 0 Å². The van der Waals surface area contributed by atoms with Crippen molar-refractivity contribution in [2.75, 3.05) is 43.0 Å². The maximum absolute atomic E-state index is 14.2. The zero-order valence-corrected chi connectivity index (χ0v) is 19.3. The molecule has 2 aliphatic rings. The van der Waals surface area contributed by atoms with Crippen LogP contribution in [0.1, 0.15) is 48.9 Å². The molecule has 1 amide bonds. The fourth-order valence-electron chi connectivity index (χ4n) is 4.52. The normalized spacial score (nSPS) is 17.9. The number of rotatable bonds is 5. The molecule has 0 atom stereocenters. The Morgan fingerprint density at radius 1 is 0.906 bits per heavy atom. The first-order chi connectivity index (χ1) is 15.4. The summed E-state index contributed by atoms with van der Waals surface area (Å²) >= 11 is 0. The number of amides is 1. The molecule has 0 unspecified atom stereocenters. The average molecular weight is 460 g/mol. The van der Waals surface area contributed by atoms with E-state index in [2.05, 4.69) is 4.90 Å². The number of sulfonamides is 1. The van der Waals surface area contributed by atoms with Gasteiger partial charge in [0, 0.05) is 38.8 Å². The van der Waals surface area contributed by atoms with E-state index in [1.54, 1.807) is 24.3 Å². The Balaban J connectivity index is 1.74. The third kappa shape index (κ3) is 4.52. The van der Waals surface area contributed by atoms with Gasteiger partial charge in [-0.15, -0.1) is 0 Å². The monoisotopic (exact) mass is 459 g/mol. The summed E-state index contributed by atoms with van der Waals surface area (Å²) < 4.78 is 43.0. The first-order valence-corrected chi connectivity index (χ1v) is 12.8. The Kier molecular flexibility index (Phi) is 6.81. The fourth-order valence-corrected chi connectivity index (χ4v) is 6.28. The summed E-state index contributed by atoms with van der Waals surface area (Å²) in [5, 5.41) is 0. The van der Waals surface area contributed by atoms with E-state index in [4.69, 9.17) is 0 Å². The van der Waals surface area contributed by atoms with Gasteiger partial charge < -0.3 is 9.80 Å². The van der Waals surface area contributed by atoms with Gasteiger partial charge in [0.05, 0.1) is 11.4 Å². The molecule has 2 heterocycles. The SMILES string of the molecule is CN(C(=O)c1ccc(N2CCCCC2)c(S(=O)(=O)N2CCCCC2)c1)c1ccccc1F.